The molecule has 2 aromatic carbocycles. The summed E-state index contributed by atoms with van der Waals surface area (Å²) in [7, 11) is -2.10. The fourth-order valence-electron chi connectivity index (χ4n) is 2.56. The fraction of sp³-hybridized carbons (Fsp3) is 0.167. The average Bonchev–Trinajstić information content (AvgIpc) is 3.16. The number of benzene rings is 2. The first-order chi connectivity index (χ1) is 12.8. The van der Waals surface area contributed by atoms with Gasteiger partial charge >= 0.3 is 0 Å². The van der Waals surface area contributed by atoms with E-state index in [0.29, 0.717) is 0 Å². The minimum absolute atomic E-state index is 0.0261. The molecule has 27 heavy (non-hydrogen) atoms. The third kappa shape index (κ3) is 4.04. The lowest BCUT2D eigenvalue weighted by Gasteiger charge is -2.24. The SMILES string of the molecule is CC(c1ccc(S(N)(=O)=O)cc1)N(C)C(=O)c1cnn(-c2ccccc2)n1. The van der Waals surface area contributed by atoms with Crippen molar-refractivity contribution >= 4 is 15.9 Å². The van der Waals surface area contributed by atoms with Crippen LogP contribution in [0.1, 0.15) is 29.0 Å². The number of rotatable bonds is 5. The number of nitrogens with two attached hydrogens (primary N) is 1. The molecule has 3 rings (SSSR count). The molecule has 0 saturated carbocycles. The molecule has 0 bridgehead atoms. The van der Waals surface area contributed by atoms with Crippen molar-refractivity contribution in [3.63, 3.8) is 0 Å². The zero-order chi connectivity index (χ0) is 19.6. The Labute approximate surface area is 157 Å². The van der Waals surface area contributed by atoms with Crippen molar-refractivity contribution in [2.45, 2.75) is 17.9 Å². The molecule has 1 unspecified atom stereocenters. The summed E-state index contributed by atoms with van der Waals surface area (Å²) in [5.74, 6) is -0.291. The fourth-order valence-corrected chi connectivity index (χ4v) is 3.08. The third-order valence-electron chi connectivity index (χ3n) is 4.29. The monoisotopic (exact) mass is 385 g/mol. The second-order valence-corrected chi connectivity index (χ2v) is 7.62. The summed E-state index contributed by atoms with van der Waals surface area (Å²) in [4.78, 5) is 15.7. The summed E-state index contributed by atoms with van der Waals surface area (Å²) in [6.45, 7) is 1.84. The third-order valence-corrected chi connectivity index (χ3v) is 5.22. The molecule has 1 aromatic heterocycles. The van der Waals surface area contributed by atoms with Crippen molar-refractivity contribution in [1.82, 2.24) is 19.9 Å². The number of carbonyl (C=O) groups is 1. The molecule has 1 heterocycles. The van der Waals surface area contributed by atoms with E-state index in [4.69, 9.17) is 5.14 Å². The molecule has 3 aromatic rings. The highest BCUT2D eigenvalue weighted by Gasteiger charge is 2.22. The van der Waals surface area contributed by atoms with Crippen molar-refractivity contribution in [2.75, 3.05) is 7.05 Å². The maximum Gasteiger partial charge on any atom is 0.276 e. The number of hydrogen-bond acceptors (Lipinski definition) is 5. The zero-order valence-electron chi connectivity index (χ0n) is 14.9. The Morgan fingerprint density at radius 2 is 1.74 bits per heavy atom. The predicted octanol–water partition coefficient (Wildman–Crippen LogP) is 1.75. The summed E-state index contributed by atoms with van der Waals surface area (Å²) in [5, 5.41) is 13.5. The van der Waals surface area contributed by atoms with E-state index >= 15 is 0 Å². The Bertz CT molecular complexity index is 1050. The van der Waals surface area contributed by atoms with E-state index in [2.05, 4.69) is 10.2 Å². The standard InChI is InChI=1S/C18H19N5O3S/c1-13(14-8-10-16(11-9-14)27(19,25)26)22(2)18(24)17-12-20-23(21-17)15-6-4-3-5-7-15/h3-13H,1-2H3,(H2,19,25,26). The molecule has 0 aliphatic carbocycles. The van der Waals surface area contributed by atoms with Gasteiger partial charge in [-0.05, 0) is 36.8 Å². The van der Waals surface area contributed by atoms with Crippen LogP contribution in [0.15, 0.2) is 65.7 Å². The maximum absolute atomic E-state index is 12.7. The molecule has 2 N–H and O–H groups in total. The van der Waals surface area contributed by atoms with Gasteiger partial charge in [0.2, 0.25) is 10.0 Å². The predicted molar refractivity (Wildman–Crippen MR) is 99.7 cm³/mol. The van der Waals surface area contributed by atoms with Crippen LogP contribution in [0.3, 0.4) is 0 Å². The van der Waals surface area contributed by atoms with Crippen molar-refractivity contribution in [3.05, 3.63) is 72.1 Å². The molecule has 0 radical (unpaired) electrons. The molecular weight excluding hydrogens is 366 g/mol. The number of aromatic nitrogens is 3. The number of nitrogens with zero attached hydrogens (tertiary/aromatic N) is 4. The van der Waals surface area contributed by atoms with E-state index in [1.165, 1.54) is 28.0 Å². The number of sulfonamides is 1. The van der Waals surface area contributed by atoms with Gasteiger partial charge in [0, 0.05) is 7.05 Å². The van der Waals surface area contributed by atoms with Crippen molar-refractivity contribution < 1.29 is 13.2 Å². The lowest BCUT2D eigenvalue weighted by molar-refractivity contribution is 0.0736. The first kappa shape index (κ1) is 18.7. The van der Waals surface area contributed by atoms with Gasteiger partial charge < -0.3 is 4.90 Å². The first-order valence-corrected chi connectivity index (χ1v) is 9.69. The number of hydrogen-bond donors (Lipinski definition) is 1. The Hall–Kier alpha value is -3.04. The normalized spacial score (nSPS) is 12.6. The Morgan fingerprint density at radius 1 is 1.11 bits per heavy atom. The summed E-state index contributed by atoms with van der Waals surface area (Å²) in [5.41, 5.74) is 1.74. The van der Waals surface area contributed by atoms with Crippen LogP contribution in [-0.4, -0.2) is 41.3 Å². The zero-order valence-corrected chi connectivity index (χ0v) is 15.7. The van der Waals surface area contributed by atoms with E-state index in [-0.39, 0.29) is 22.5 Å². The highest BCUT2D eigenvalue weighted by Crippen LogP contribution is 2.21. The molecule has 0 aliphatic heterocycles. The van der Waals surface area contributed by atoms with Gasteiger partial charge in [0.25, 0.3) is 5.91 Å². The molecule has 0 saturated heterocycles. The second-order valence-electron chi connectivity index (χ2n) is 6.06. The van der Waals surface area contributed by atoms with Gasteiger partial charge in [0.05, 0.1) is 22.8 Å². The molecule has 140 valence electrons. The van der Waals surface area contributed by atoms with E-state index in [1.807, 2.05) is 37.3 Å². The van der Waals surface area contributed by atoms with Gasteiger partial charge in [-0.15, -0.1) is 5.10 Å². The van der Waals surface area contributed by atoms with Crippen LogP contribution in [0, 0.1) is 0 Å². The number of primary sulfonamides is 1. The summed E-state index contributed by atoms with van der Waals surface area (Å²) < 4.78 is 22.7. The summed E-state index contributed by atoms with van der Waals surface area (Å²) in [6, 6.07) is 15.1. The van der Waals surface area contributed by atoms with Crippen LogP contribution >= 0.6 is 0 Å². The second kappa shape index (κ2) is 7.29. The minimum atomic E-state index is -3.75. The molecule has 9 heteroatoms. The topological polar surface area (TPSA) is 111 Å². The quantitative estimate of drug-likeness (QED) is 0.719. The Morgan fingerprint density at radius 3 is 2.33 bits per heavy atom. The van der Waals surface area contributed by atoms with Crippen molar-refractivity contribution in [1.29, 1.82) is 0 Å². The molecule has 1 atom stereocenters. The van der Waals surface area contributed by atoms with Crippen molar-refractivity contribution in [2.24, 2.45) is 5.14 Å². The Kier molecular flexibility index (Phi) is 5.06. The lowest BCUT2D eigenvalue weighted by atomic mass is 10.1. The molecule has 0 fully saturated rings. The maximum atomic E-state index is 12.7. The highest BCUT2D eigenvalue weighted by atomic mass is 32.2. The Balaban J connectivity index is 1.78. The number of carbonyl (C=O) groups excluding carboxylic acids is 1. The highest BCUT2D eigenvalue weighted by molar-refractivity contribution is 7.89. The van der Waals surface area contributed by atoms with Crippen LogP contribution in [0.4, 0.5) is 0 Å². The number of para-hydroxylation sites is 1. The van der Waals surface area contributed by atoms with Crippen LogP contribution < -0.4 is 5.14 Å². The van der Waals surface area contributed by atoms with Gasteiger partial charge in [0.15, 0.2) is 5.69 Å². The van der Waals surface area contributed by atoms with Crippen LogP contribution in [-0.2, 0) is 10.0 Å². The first-order valence-electron chi connectivity index (χ1n) is 8.15. The average molecular weight is 385 g/mol. The van der Waals surface area contributed by atoms with Gasteiger partial charge in [-0.1, -0.05) is 30.3 Å². The van der Waals surface area contributed by atoms with Crippen LogP contribution in [0.25, 0.3) is 5.69 Å². The smallest absolute Gasteiger partial charge is 0.276 e. The largest absolute Gasteiger partial charge is 0.334 e. The van der Waals surface area contributed by atoms with E-state index in [9.17, 15) is 13.2 Å². The van der Waals surface area contributed by atoms with Crippen LogP contribution in [0.5, 0.6) is 0 Å². The van der Waals surface area contributed by atoms with Crippen molar-refractivity contribution in [3.8, 4) is 5.69 Å². The summed E-state index contributed by atoms with van der Waals surface area (Å²) in [6.07, 6.45) is 1.42. The van der Waals surface area contributed by atoms with Gasteiger partial charge in [-0.3, -0.25) is 4.79 Å². The lowest BCUT2D eigenvalue weighted by Crippen LogP contribution is -2.30. The molecule has 0 aliphatic rings. The minimum Gasteiger partial charge on any atom is -0.334 e. The molecule has 1 amide bonds. The molecule has 0 spiro atoms. The van der Waals surface area contributed by atoms with Gasteiger partial charge in [-0.25, -0.2) is 13.6 Å². The van der Waals surface area contributed by atoms with Gasteiger partial charge in [0.1, 0.15) is 0 Å². The summed E-state index contributed by atoms with van der Waals surface area (Å²) >= 11 is 0. The van der Waals surface area contributed by atoms with E-state index in [0.717, 1.165) is 11.3 Å². The molecule has 8 nitrogen and oxygen atoms in total. The van der Waals surface area contributed by atoms with E-state index in [1.54, 1.807) is 19.2 Å². The van der Waals surface area contributed by atoms with Crippen LogP contribution in [0.2, 0.25) is 0 Å². The molecular formula is C18H19N5O3S. The number of amides is 1. The van der Waals surface area contributed by atoms with E-state index < -0.39 is 10.0 Å². The van der Waals surface area contributed by atoms with Gasteiger partial charge in [-0.2, -0.15) is 9.90 Å².